The molecule has 1 heterocycles. The van der Waals surface area contributed by atoms with Crippen molar-refractivity contribution in [2.75, 3.05) is 0 Å². The second-order valence-electron chi connectivity index (χ2n) is 5.33. The Bertz CT molecular complexity index is 649. The van der Waals surface area contributed by atoms with E-state index in [2.05, 4.69) is 26.2 Å². The molecular formula is C13H15BrN2O3S. The zero-order chi connectivity index (χ0) is 14.9. The van der Waals surface area contributed by atoms with Gasteiger partial charge in [-0.2, -0.15) is 0 Å². The Morgan fingerprint density at radius 3 is 2.80 bits per heavy atom. The number of nitrogens with zero attached hydrogens (tertiary/aromatic N) is 1. The number of aliphatic hydroxyl groups excluding tert-OH is 1. The van der Waals surface area contributed by atoms with Gasteiger partial charge in [-0.3, -0.25) is 0 Å². The van der Waals surface area contributed by atoms with Crippen LogP contribution in [0.5, 0.6) is 5.19 Å². The molecule has 0 bridgehead atoms. The highest BCUT2D eigenvalue weighted by molar-refractivity contribution is 9.10. The molecule has 0 aliphatic heterocycles. The van der Waals surface area contributed by atoms with Gasteiger partial charge in [0.2, 0.25) is 0 Å². The van der Waals surface area contributed by atoms with Crippen LogP contribution >= 0.6 is 27.3 Å². The maximum atomic E-state index is 11.7. The molecule has 2 aromatic rings. The van der Waals surface area contributed by atoms with Crippen LogP contribution in [0.2, 0.25) is 0 Å². The fourth-order valence-corrected chi connectivity index (χ4v) is 3.20. The number of amides is 1. The standard InChI is InChI=1S/C13H15BrN2O3S/c1-13(2,3)16-11(18)19-12-15-10-8(14)4-7(6-17)5-9(10)20-12/h4-5,17H,6H2,1-3H3,(H,16,18). The summed E-state index contributed by atoms with van der Waals surface area (Å²) in [4.78, 5) is 16.0. The molecule has 2 N–H and O–H groups in total. The zero-order valence-corrected chi connectivity index (χ0v) is 13.8. The highest BCUT2D eigenvalue weighted by Crippen LogP contribution is 2.33. The third kappa shape index (κ3) is 3.68. The largest absolute Gasteiger partial charge is 0.414 e. The van der Waals surface area contributed by atoms with E-state index in [-0.39, 0.29) is 17.3 Å². The first kappa shape index (κ1) is 15.2. The van der Waals surface area contributed by atoms with E-state index in [9.17, 15) is 4.79 Å². The number of carbonyl (C=O) groups excluding carboxylic acids is 1. The number of halogens is 1. The highest BCUT2D eigenvalue weighted by Gasteiger charge is 2.17. The van der Waals surface area contributed by atoms with Gasteiger partial charge in [0.15, 0.2) is 0 Å². The second-order valence-corrected chi connectivity index (χ2v) is 7.17. The van der Waals surface area contributed by atoms with Gasteiger partial charge in [-0.1, -0.05) is 11.3 Å². The van der Waals surface area contributed by atoms with Crippen molar-refractivity contribution in [2.24, 2.45) is 0 Å². The fraction of sp³-hybridized carbons (Fsp3) is 0.385. The normalized spacial score (nSPS) is 11.7. The Hall–Kier alpha value is -1.18. The van der Waals surface area contributed by atoms with Crippen LogP contribution in [0.4, 0.5) is 4.79 Å². The summed E-state index contributed by atoms with van der Waals surface area (Å²) in [6.07, 6.45) is -0.532. The van der Waals surface area contributed by atoms with Crippen LogP contribution in [0.1, 0.15) is 26.3 Å². The van der Waals surface area contributed by atoms with Crippen LogP contribution in [-0.2, 0) is 6.61 Å². The maximum Gasteiger partial charge on any atom is 0.414 e. The summed E-state index contributed by atoms with van der Waals surface area (Å²) < 4.78 is 6.79. The quantitative estimate of drug-likeness (QED) is 0.862. The lowest BCUT2D eigenvalue weighted by Gasteiger charge is -2.18. The summed E-state index contributed by atoms with van der Waals surface area (Å²) in [6, 6.07) is 3.62. The molecule has 20 heavy (non-hydrogen) atoms. The van der Waals surface area contributed by atoms with Gasteiger partial charge in [0.25, 0.3) is 5.19 Å². The molecule has 0 unspecified atom stereocenters. The third-order valence-electron chi connectivity index (χ3n) is 2.33. The molecule has 0 aliphatic rings. The molecule has 1 aromatic heterocycles. The first-order chi connectivity index (χ1) is 9.28. The number of ether oxygens (including phenoxy) is 1. The first-order valence-corrected chi connectivity index (χ1v) is 7.59. The third-order valence-corrected chi connectivity index (χ3v) is 3.81. The molecular weight excluding hydrogens is 344 g/mol. The smallest absolute Gasteiger partial charge is 0.392 e. The minimum Gasteiger partial charge on any atom is -0.392 e. The number of fused-ring (bicyclic) bond motifs is 1. The molecule has 1 amide bonds. The van der Waals surface area contributed by atoms with E-state index in [1.165, 1.54) is 11.3 Å². The Morgan fingerprint density at radius 1 is 1.50 bits per heavy atom. The van der Waals surface area contributed by atoms with Gasteiger partial charge in [0.1, 0.15) is 0 Å². The molecule has 108 valence electrons. The average Bonchev–Trinajstić information content (AvgIpc) is 2.69. The molecule has 0 saturated carbocycles. The zero-order valence-electron chi connectivity index (χ0n) is 11.4. The topological polar surface area (TPSA) is 71.5 Å². The van der Waals surface area contributed by atoms with Crippen molar-refractivity contribution in [1.29, 1.82) is 0 Å². The molecule has 0 fully saturated rings. The molecule has 0 aliphatic carbocycles. The predicted octanol–water partition coefficient (Wildman–Crippen LogP) is 3.44. The van der Waals surface area contributed by atoms with Gasteiger partial charge < -0.3 is 15.2 Å². The van der Waals surface area contributed by atoms with Gasteiger partial charge in [-0.15, -0.1) is 0 Å². The highest BCUT2D eigenvalue weighted by atomic mass is 79.9. The lowest BCUT2D eigenvalue weighted by Crippen LogP contribution is -2.42. The van der Waals surface area contributed by atoms with Crippen molar-refractivity contribution in [3.05, 3.63) is 22.2 Å². The van der Waals surface area contributed by atoms with Crippen LogP contribution in [0.3, 0.4) is 0 Å². The summed E-state index contributed by atoms with van der Waals surface area (Å²) in [5.74, 6) is 0. The molecule has 0 saturated heterocycles. The van der Waals surface area contributed by atoms with E-state index in [0.29, 0.717) is 5.52 Å². The fourth-order valence-electron chi connectivity index (χ4n) is 1.57. The van der Waals surface area contributed by atoms with E-state index >= 15 is 0 Å². The Labute approximate surface area is 129 Å². The van der Waals surface area contributed by atoms with E-state index in [0.717, 1.165) is 14.7 Å². The van der Waals surface area contributed by atoms with Crippen molar-refractivity contribution in [2.45, 2.75) is 32.9 Å². The van der Waals surface area contributed by atoms with Crippen molar-refractivity contribution < 1.29 is 14.6 Å². The van der Waals surface area contributed by atoms with Crippen LogP contribution in [0.25, 0.3) is 10.2 Å². The number of benzene rings is 1. The molecule has 1 aromatic carbocycles. The monoisotopic (exact) mass is 358 g/mol. The average molecular weight is 359 g/mol. The Kier molecular flexibility index (Phi) is 4.31. The van der Waals surface area contributed by atoms with E-state index in [1.54, 1.807) is 6.07 Å². The van der Waals surface area contributed by atoms with Gasteiger partial charge >= 0.3 is 6.09 Å². The summed E-state index contributed by atoms with van der Waals surface area (Å²) in [5, 5.41) is 12.1. The summed E-state index contributed by atoms with van der Waals surface area (Å²) >= 11 is 4.65. The van der Waals surface area contributed by atoms with Crippen molar-refractivity contribution in [3.63, 3.8) is 0 Å². The SMILES string of the molecule is CC(C)(C)NC(=O)Oc1nc2c(Br)cc(CO)cc2s1. The number of aliphatic hydroxyl groups is 1. The number of aromatic nitrogens is 1. The van der Waals surface area contributed by atoms with Crippen LogP contribution in [0, 0.1) is 0 Å². The number of rotatable bonds is 2. The predicted molar refractivity (Wildman–Crippen MR) is 82.2 cm³/mol. The number of hydrogen-bond donors (Lipinski definition) is 2. The number of thiazole rings is 1. The molecule has 2 rings (SSSR count). The number of hydrogen-bond acceptors (Lipinski definition) is 5. The minimum absolute atomic E-state index is 0.0485. The van der Waals surface area contributed by atoms with Crippen molar-refractivity contribution >= 4 is 43.6 Å². The van der Waals surface area contributed by atoms with Gasteiger partial charge in [-0.05, 0) is 54.4 Å². The van der Waals surface area contributed by atoms with Crippen LogP contribution in [-0.4, -0.2) is 21.7 Å². The summed E-state index contributed by atoms with van der Waals surface area (Å²) in [6.45, 7) is 5.57. The van der Waals surface area contributed by atoms with Gasteiger partial charge in [0, 0.05) is 10.0 Å². The Balaban J connectivity index is 2.24. The van der Waals surface area contributed by atoms with Crippen molar-refractivity contribution in [1.82, 2.24) is 10.3 Å². The van der Waals surface area contributed by atoms with E-state index in [1.807, 2.05) is 26.8 Å². The van der Waals surface area contributed by atoms with Crippen LogP contribution < -0.4 is 10.1 Å². The first-order valence-electron chi connectivity index (χ1n) is 5.98. The number of carbonyl (C=O) groups is 1. The molecule has 7 heteroatoms. The minimum atomic E-state index is -0.532. The summed E-state index contributed by atoms with van der Waals surface area (Å²) in [5.41, 5.74) is 1.13. The molecule has 0 radical (unpaired) electrons. The van der Waals surface area contributed by atoms with E-state index in [4.69, 9.17) is 9.84 Å². The van der Waals surface area contributed by atoms with E-state index < -0.39 is 6.09 Å². The van der Waals surface area contributed by atoms with Crippen molar-refractivity contribution in [3.8, 4) is 5.19 Å². The molecule has 0 spiro atoms. The van der Waals surface area contributed by atoms with Gasteiger partial charge in [-0.25, -0.2) is 9.78 Å². The van der Waals surface area contributed by atoms with Crippen LogP contribution in [0.15, 0.2) is 16.6 Å². The number of nitrogens with one attached hydrogen (secondary N) is 1. The maximum absolute atomic E-state index is 11.7. The molecule has 5 nitrogen and oxygen atoms in total. The lowest BCUT2D eigenvalue weighted by molar-refractivity contribution is 0.190. The summed E-state index contributed by atoms with van der Waals surface area (Å²) in [7, 11) is 0. The Morgan fingerprint density at radius 2 is 2.20 bits per heavy atom. The second kappa shape index (κ2) is 5.67. The van der Waals surface area contributed by atoms with Gasteiger partial charge in [0.05, 0.1) is 16.8 Å². The molecule has 0 atom stereocenters. The lowest BCUT2D eigenvalue weighted by atomic mass is 10.1.